The van der Waals surface area contributed by atoms with Gasteiger partial charge in [-0.2, -0.15) is 0 Å². The van der Waals surface area contributed by atoms with Gasteiger partial charge in [-0.25, -0.2) is 4.39 Å². The topological polar surface area (TPSA) is 21.3 Å². The van der Waals surface area contributed by atoms with E-state index in [1.807, 2.05) is 0 Å². The molecule has 2 rings (SSSR count). The van der Waals surface area contributed by atoms with E-state index >= 15 is 0 Å². The van der Waals surface area contributed by atoms with Crippen molar-refractivity contribution in [1.82, 2.24) is 5.32 Å². The van der Waals surface area contributed by atoms with Crippen LogP contribution in [0.4, 0.5) is 17.6 Å². The van der Waals surface area contributed by atoms with Crippen LogP contribution in [0.3, 0.4) is 0 Å². The Morgan fingerprint density at radius 2 is 1.62 bits per heavy atom. The quantitative estimate of drug-likeness (QED) is 0.858. The number of halogens is 4. The summed E-state index contributed by atoms with van der Waals surface area (Å²) in [6.07, 6.45) is -4.71. The van der Waals surface area contributed by atoms with E-state index in [4.69, 9.17) is 0 Å². The maximum Gasteiger partial charge on any atom is 0.573 e. The third-order valence-electron chi connectivity index (χ3n) is 2.83. The molecule has 0 saturated heterocycles. The molecule has 0 radical (unpaired) electrons. The number of benzene rings is 2. The minimum absolute atomic E-state index is 0.288. The molecule has 0 aliphatic rings. The number of hydrogen-bond donors (Lipinski definition) is 1. The van der Waals surface area contributed by atoms with Crippen LogP contribution in [-0.2, 0) is 6.54 Å². The molecule has 2 aromatic rings. The molecular weight excluding hydrogens is 286 g/mol. The van der Waals surface area contributed by atoms with Crippen molar-refractivity contribution < 1.29 is 22.3 Å². The van der Waals surface area contributed by atoms with Gasteiger partial charge in [-0.3, -0.25) is 0 Å². The lowest BCUT2D eigenvalue weighted by Gasteiger charge is -2.10. The molecule has 0 aliphatic heterocycles. The van der Waals surface area contributed by atoms with Crippen molar-refractivity contribution in [3.63, 3.8) is 0 Å². The van der Waals surface area contributed by atoms with Gasteiger partial charge in [0.25, 0.3) is 0 Å². The number of alkyl halides is 3. The number of nitrogens with one attached hydrogen (secondary N) is 1. The molecule has 112 valence electrons. The second-order valence-corrected chi connectivity index (χ2v) is 4.41. The molecule has 0 unspecified atom stereocenters. The van der Waals surface area contributed by atoms with E-state index in [9.17, 15) is 17.6 Å². The smallest absolute Gasteiger partial charge is 0.406 e. The average Bonchev–Trinajstić information content (AvgIpc) is 2.41. The second-order valence-electron chi connectivity index (χ2n) is 4.41. The van der Waals surface area contributed by atoms with Crippen LogP contribution < -0.4 is 10.1 Å². The lowest BCUT2D eigenvalue weighted by Crippen LogP contribution is -2.16. The zero-order chi connectivity index (χ0) is 15.5. The first-order valence-corrected chi connectivity index (χ1v) is 6.18. The number of rotatable bonds is 4. The second kappa shape index (κ2) is 6.13. The summed E-state index contributed by atoms with van der Waals surface area (Å²) in [5.74, 6) is -0.617. The molecule has 0 fully saturated rings. The maximum absolute atomic E-state index is 13.5. The van der Waals surface area contributed by atoms with Crippen LogP contribution in [0, 0.1) is 5.82 Å². The van der Waals surface area contributed by atoms with Crippen LogP contribution in [0.2, 0.25) is 0 Å². The Labute approximate surface area is 119 Å². The van der Waals surface area contributed by atoms with E-state index in [0.717, 1.165) is 5.56 Å². The molecule has 2 aromatic carbocycles. The van der Waals surface area contributed by atoms with Crippen molar-refractivity contribution >= 4 is 0 Å². The largest absolute Gasteiger partial charge is 0.573 e. The molecule has 1 N–H and O–H groups in total. The molecule has 0 aliphatic carbocycles. The minimum atomic E-state index is -4.71. The van der Waals surface area contributed by atoms with Crippen LogP contribution in [0.25, 0.3) is 11.1 Å². The first-order chi connectivity index (χ1) is 9.89. The Bertz CT molecular complexity index is 608. The van der Waals surface area contributed by atoms with E-state index < -0.39 is 6.36 Å². The highest BCUT2D eigenvalue weighted by Crippen LogP contribution is 2.27. The van der Waals surface area contributed by atoms with Gasteiger partial charge in [0.1, 0.15) is 11.6 Å². The molecule has 2 nitrogen and oxygen atoms in total. The SMILES string of the molecule is CNCc1cc(-c2ccc(OC(F)(F)F)cc2)ccc1F. The molecule has 0 heterocycles. The van der Waals surface area contributed by atoms with Gasteiger partial charge in [0.05, 0.1) is 0 Å². The molecule has 21 heavy (non-hydrogen) atoms. The maximum atomic E-state index is 13.5. The molecule has 0 aromatic heterocycles. The van der Waals surface area contributed by atoms with Gasteiger partial charge in [-0.1, -0.05) is 18.2 Å². The van der Waals surface area contributed by atoms with Crippen LogP contribution in [0.15, 0.2) is 42.5 Å². The fraction of sp³-hybridized carbons (Fsp3) is 0.200. The first kappa shape index (κ1) is 15.3. The van der Waals surface area contributed by atoms with Gasteiger partial charge in [0, 0.05) is 12.1 Å². The summed E-state index contributed by atoms with van der Waals surface area (Å²) in [5, 5.41) is 2.85. The zero-order valence-corrected chi connectivity index (χ0v) is 11.2. The van der Waals surface area contributed by atoms with Crippen LogP contribution >= 0.6 is 0 Å². The summed E-state index contributed by atoms with van der Waals surface area (Å²) in [4.78, 5) is 0. The predicted octanol–water partition coefficient (Wildman–Crippen LogP) is 4.11. The normalized spacial score (nSPS) is 11.5. The fourth-order valence-corrected chi connectivity index (χ4v) is 1.93. The van der Waals surface area contributed by atoms with Crippen molar-refractivity contribution in [2.75, 3.05) is 7.05 Å². The summed E-state index contributed by atoms with van der Waals surface area (Å²) >= 11 is 0. The lowest BCUT2D eigenvalue weighted by molar-refractivity contribution is -0.274. The van der Waals surface area contributed by atoms with E-state index in [1.54, 1.807) is 19.2 Å². The average molecular weight is 299 g/mol. The molecule has 0 bridgehead atoms. The van der Waals surface area contributed by atoms with Gasteiger partial charge in [-0.15, -0.1) is 13.2 Å². The molecular formula is C15H13F4NO. The molecule has 6 heteroatoms. The summed E-state index contributed by atoms with van der Waals surface area (Å²) < 4.78 is 53.6. The van der Waals surface area contributed by atoms with Gasteiger partial charge >= 0.3 is 6.36 Å². The van der Waals surface area contributed by atoms with Gasteiger partial charge in [0.15, 0.2) is 0 Å². The van der Waals surface area contributed by atoms with Crippen LogP contribution in [0.1, 0.15) is 5.56 Å². The van der Waals surface area contributed by atoms with E-state index in [2.05, 4.69) is 10.1 Å². The summed E-state index contributed by atoms with van der Waals surface area (Å²) in [6, 6.07) is 10.0. The van der Waals surface area contributed by atoms with Crippen molar-refractivity contribution in [3.8, 4) is 16.9 Å². The van der Waals surface area contributed by atoms with Crippen molar-refractivity contribution in [2.24, 2.45) is 0 Å². The lowest BCUT2D eigenvalue weighted by atomic mass is 10.0. The van der Waals surface area contributed by atoms with Crippen LogP contribution in [0.5, 0.6) is 5.75 Å². The summed E-state index contributed by atoms with van der Waals surface area (Å²) in [5.41, 5.74) is 1.90. The highest BCUT2D eigenvalue weighted by Gasteiger charge is 2.30. The Kier molecular flexibility index (Phi) is 4.47. The standard InChI is InChI=1S/C15H13F4NO/c1-20-9-12-8-11(4-7-14(12)16)10-2-5-13(6-3-10)21-15(17,18)19/h2-8,20H,9H2,1H3. The Balaban J connectivity index is 2.24. The highest BCUT2D eigenvalue weighted by atomic mass is 19.4. The first-order valence-electron chi connectivity index (χ1n) is 6.18. The zero-order valence-electron chi connectivity index (χ0n) is 11.2. The summed E-state index contributed by atoms with van der Waals surface area (Å²) in [7, 11) is 1.70. The summed E-state index contributed by atoms with van der Waals surface area (Å²) in [6.45, 7) is 0.370. The van der Waals surface area contributed by atoms with Gasteiger partial charge < -0.3 is 10.1 Å². The Hall–Kier alpha value is -2.08. The van der Waals surface area contributed by atoms with E-state index in [0.29, 0.717) is 17.7 Å². The number of hydrogen-bond acceptors (Lipinski definition) is 2. The fourth-order valence-electron chi connectivity index (χ4n) is 1.93. The van der Waals surface area contributed by atoms with Gasteiger partial charge in [0.2, 0.25) is 0 Å². The van der Waals surface area contributed by atoms with Crippen molar-refractivity contribution in [1.29, 1.82) is 0 Å². The van der Waals surface area contributed by atoms with Crippen LogP contribution in [-0.4, -0.2) is 13.4 Å². The predicted molar refractivity (Wildman–Crippen MR) is 71.3 cm³/mol. The Morgan fingerprint density at radius 3 is 2.19 bits per heavy atom. The van der Waals surface area contributed by atoms with Crippen molar-refractivity contribution in [3.05, 3.63) is 53.8 Å². The number of ether oxygens (including phenoxy) is 1. The third-order valence-corrected chi connectivity index (χ3v) is 2.83. The minimum Gasteiger partial charge on any atom is -0.406 e. The van der Waals surface area contributed by atoms with Gasteiger partial charge in [-0.05, 0) is 42.4 Å². The van der Waals surface area contributed by atoms with E-state index in [1.165, 1.54) is 30.3 Å². The van der Waals surface area contributed by atoms with E-state index in [-0.39, 0.29) is 11.6 Å². The highest BCUT2D eigenvalue weighted by molar-refractivity contribution is 5.65. The molecule has 0 atom stereocenters. The monoisotopic (exact) mass is 299 g/mol. The molecule has 0 spiro atoms. The molecule has 0 amide bonds. The Morgan fingerprint density at radius 1 is 1.00 bits per heavy atom. The van der Waals surface area contributed by atoms with Crippen molar-refractivity contribution in [2.45, 2.75) is 12.9 Å². The third kappa shape index (κ3) is 4.19. The molecule has 0 saturated carbocycles.